The van der Waals surface area contributed by atoms with E-state index in [-0.39, 0.29) is 12.3 Å². The van der Waals surface area contributed by atoms with Crippen LogP contribution in [0, 0.1) is 6.92 Å². The molecule has 27 heavy (non-hydrogen) atoms. The summed E-state index contributed by atoms with van der Waals surface area (Å²) < 4.78 is 5.75. The van der Waals surface area contributed by atoms with Crippen LogP contribution in [0.25, 0.3) is 10.8 Å². The molecule has 4 nitrogen and oxygen atoms in total. The molecule has 0 aliphatic heterocycles. The van der Waals surface area contributed by atoms with E-state index in [1.54, 1.807) is 11.3 Å². The van der Waals surface area contributed by atoms with E-state index in [4.69, 9.17) is 4.42 Å². The molecular formula is C22H26N2O2S. The van der Waals surface area contributed by atoms with Crippen LogP contribution in [-0.2, 0) is 11.2 Å². The molecule has 0 saturated carbocycles. The maximum Gasteiger partial charge on any atom is 0.236 e. The predicted octanol–water partition coefficient (Wildman–Crippen LogP) is 6.14. The number of nitrogens with zero attached hydrogens (tertiary/aromatic N) is 1. The van der Waals surface area contributed by atoms with E-state index in [9.17, 15) is 4.79 Å². The topological polar surface area (TPSA) is 55.1 Å². The van der Waals surface area contributed by atoms with Gasteiger partial charge in [-0.2, -0.15) is 0 Å². The highest BCUT2D eigenvalue weighted by molar-refractivity contribution is 7.13. The first kappa shape index (κ1) is 19.4. The number of aromatic nitrogens is 1. The molecule has 5 heteroatoms. The summed E-state index contributed by atoms with van der Waals surface area (Å²) >= 11 is 1.57. The first-order chi connectivity index (χ1) is 12.9. The number of amides is 1. The Morgan fingerprint density at radius 3 is 2.33 bits per heavy atom. The van der Waals surface area contributed by atoms with Gasteiger partial charge in [0.15, 0.2) is 0 Å². The van der Waals surface area contributed by atoms with Gasteiger partial charge in [-0.15, -0.1) is 11.3 Å². The summed E-state index contributed by atoms with van der Waals surface area (Å²) in [4.78, 5) is 18.3. The average molecular weight is 383 g/mol. The Morgan fingerprint density at radius 2 is 1.78 bits per heavy atom. The van der Waals surface area contributed by atoms with Crippen molar-refractivity contribution in [2.45, 2.75) is 52.9 Å². The monoisotopic (exact) mass is 382 g/mol. The lowest BCUT2D eigenvalue weighted by atomic mass is 9.92. The first-order valence-electron chi connectivity index (χ1n) is 9.29. The maximum absolute atomic E-state index is 12.8. The molecule has 0 saturated heterocycles. The lowest BCUT2D eigenvalue weighted by molar-refractivity contribution is -0.115. The summed E-state index contributed by atoms with van der Waals surface area (Å²) in [5, 5.41) is 5.13. The molecule has 2 aromatic heterocycles. The zero-order valence-corrected chi connectivity index (χ0v) is 17.3. The SMILES string of the molecule is Cc1oc(-c2cccs2)nc1CC(=O)Nc1c(C(C)C)cccc1C(C)C. The zero-order valence-electron chi connectivity index (χ0n) is 16.5. The quantitative estimate of drug-likeness (QED) is 0.557. The number of carbonyl (C=O) groups excluding carboxylic acids is 1. The van der Waals surface area contributed by atoms with Crippen LogP contribution >= 0.6 is 11.3 Å². The summed E-state index contributed by atoms with van der Waals surface area (Å²) in [5.74, 6) is 1.86. The van der Waals surface area contributed by atoms with E-state index < -0.39 is 0 Å². The number of para-hydroxylation sites is 1. The zero-order chi connectivity index (χ0) is 19.6. The second kappa shape index (κ2) is 8.09. The first-order valence-corrected chi connectivity index (χ1v) is 10.2. The summed E-state index contributed by atoms with van der Waals surface area (Å²) in [6, 6.07) is 10.2. The van der Waals surface area contributed by atoms with E-state index in [0.717, 1.165) is 21.7 Å². The minimum atomic E-state index is -0.0703. The van der Waals surface area contributed by atoms with Gasteiger partial charge in [0.05, 0.1) is 17.0 Å². The standard InChI is InChI=1S/C22H26N2O2S/c1-13(2)16-8-6-9-17(14(3)4)21(16)24-20(25)12-18-15(5)26-22(23-18)19-10-7-11-27-19/h6-11,13-14H,12H2,1-5H3,(H,24,25). The molecule has 1 N–H and O–H groups in total. The van der Waals surface area contributed by atoms with Crippen LogP contribution in [0.3, 0.4) is 0 Å². The summed E-state index contributed by atoms with van der Waals surface area (Å²) in [7, 11) is 0. The molecule has 1 amide bonds. The molecule has 0 atom stereocenters. The normalized spacial score (nSPS) is 11.4. The van der Waals surface area contributed by atoms with Crippen molar-refractivity contribution in [3.05, 3.63) is 58.3 Å². The van der Waals surface area contributed by atoms with Gasteiger partial charge in [-0.25, -0.2) is 4.98 Å². The lowest BCUT2D eigenvalue weighted by Gasteiger charge is -2.20. The summed E-state index contributed by atoms with van der Waals surface area (Å²) in [5.41, 5.74) is 3.94. The van der Waals surface area contributed by atoms with Gasteiger partial charge in [-0.1, -0.05) is 52.0 Å². The van der Waals surface area contributed by atoms with Crippen LogP contribution in [0.1, 0.15) is 62.1 Å². The molecule has 0 spiro atoms. The van der Waals surface area contributed by atoms with E-state index in [1.807, 2.05) is 24.4 Å². The van der Waals surface area contributed by atoms with Gasteiger partial charge in [0.25, 0.3) is 0 Å². The molecule has 2 heterocycles. The second-order valence-corrected chi connectivity index (χ2v) is 8.29. The molecule has 0 unspecified atom stereocenters. The van der Waals surface area contributed by atoms with E-state index in [2.05, 4.69) is 56.2 Å². The lowest BCUT2D eigenvalue weighted by Crippen LogP contribution is -2.18. The fourth-order valence-corrected chi connectivity index (χ4v) is 3.78. The van der Waals surface area contributed by atoms with Crippen molar-refractivity contribution in [1.29, 1.82) is 0 Å². The molecule has 142 valence electrons. The molecule has 0 bridgehead atoms. The third-order valence-corrected chi connectivity index (χ3v) is 5.45. The fourth-order valence-electron chi connectivity index (χ4n) is 3.13. The predicted molar refractivity (Wildman–Crippen MR) is 112 cm³/mol. The third-order valence-electron chi connectivity index (χ3n) is 4.59. The molecule has 3 rings (SSSR count). The number of hydrogen-bond donors (Lipinski definition) is 1. The van der Waals surface area contributed by atoms with Crippen molar-refractivity contribution in [3.8, 4) is 10.8 Å². The number of nitrogens with one attached hydrogen (secondary N) is 1. The average Bonchev–Trinajstić information content (AvgIpc) is 3.25. The molecule has 0 fully saturated rings. The Labute approximate surface area is 164 Å². The Bertz CT molecular complexity index is 898. The van der Waals surface area contributed by atoms with E-state index in [1.165, 1.54) is 0 Å². The van der Waals surface area contributed by atoms with Gasteiger partial charge < -0.3 is 9.73 Å². The van der Waals surface area contributed by atoms with Crippen molar-refractivity contribution >= 4 is 22.9 Å². The van der Waals surface area contributed by atoms with Crippen molar-refractivity contribution in [1.82, 2.24) is 4.98 Å². The minimum Gasteiger partial charge on any atom is -0.440 e. The van der Waals surface area contributed by atoms with Gasteiger partial charge in [-0.05, 0) is 41.3 Å². The van der Waals surface area contributed by atoms with Gasteiger partial charge in [-0.3, -0.25) is 4.79 Å². The molecule has 1 aromatic carbocycles. The minimum absolute atomic E-state index is 0.0703. The fraction of sp³-hybridized carbons (Fsp3) is 0.364. The van der Waals surface area contributed by atoms with E-state index >= 15 is 0 Å². The smallest absolute Gasteiger partial charge is 0.236 e. The number of rotatable bonds is 6. The Kier molecular flexibility index (Phi) is 5.80. The van der Waals surface area contributed by atoms with Crippen molar-refractivity contribution in [3.63, 3.8) is 0 Å². The van der Waals surface area contributed by atoms with Crippen molar-refractivity contribution in [2.24, 2.45) is 0 Å². The summed E-state index contributed by atoms with van der Waals surface area (Å²) in [6.07, 6.45) is 0.199. The number of carbonyl (C=O) groups is 1. The number of aryl methyl sites for hydroxylation is 1. The van der Waals surface area contributed by atoms with Gasteiger partial charge in [0.2, 0.25) is 11.8 Å². The number of thiophene rings is 1. The molecule has 3 aromatic rings. The molecular weight excluding hydrogens is 356 g/mol. The van der Waals surface area contributed by atoms with Crippen LogP contribution < -0.4 is 5.32 Å². The van der Waals surface area contributed by atoms with E-state index in [0.29, 0.717) is 29.2 Å². The van der Waals surface area contributed by atoms with Gasteiger partial charge in [0, 0.05) is 5.69 Å². The van der Waals surface area contributed by atoms with Crippen LogP contribution in [0.15, 0.2) is 40.1 Å². The Morgan fingerprint density at radius 1 is 1.11 bits per heavy atom. The molecule has 0 aliphatic carbocycles. The Hall–Kier alpha value is -2.40. The highest BCUT2D eigenvalue weighted by Crippen LogP contribution is 2.32. The third kappa shape index (κ3) is 4.30. The number of benzene rings is 1. The Balaban J connectivity index is 1.83. The summed E-state index contributed by atoms with van der Waals surface area (Å²) in [6.45, 7) is 10.4. The highest BCUT2D eigenvalue weighted by Gasteiger charge is 2.19. The maximum atomic E-state index is 12.8. The van der Waals surface area contributed by atoms with Crippen molar-refractivity contribution in [2.75, 3.05) is 5.32 Å². The molecule has 0 radical (unpaired) electrons. The number of anilines is 1. The highest BCUT2D eigenvalue weighted by atomic mass is 32.1. The second-order valence-electron chi connectivity index (χ2n) is 7.35. The number of oxazole rings is 1. The van der Waals surface area contributed by atoms with Crippen LogP contribution in [-0.4, -0.2) is 10.9 Å². The van der Waals surface area contributed by atoms with Crippen LogP contribution in [0.4, 0.5) is 5.69 Å². The van der Waals surface area contributed by atoms with Crippen LogP contribution in [0.5, 0.6) is 0 Å². The van der Waals surface area contributed by atoms with Gasteiger partial charge >= 0.3 is 0 Å². The van der Waals surface area contributed by atoms with Crippen molar-refractivity contribution < 1.29 is 9.21 Å². The molecule has 0 aliphatic rings. The largest absolute Gasteiger partial charge is 0.440 e. The van der Waals surface area contributed by atoms with Crippen LogP contribution in [0.2, 0.25) is 0 Å². The van der Waals surface area contributed by atoms with Gasteiger partial charge in [0.1, 0.15) is 5.76 Å². The number of hydrogen-bond acceptors (Lipinski definition) is 4.